The summed E-state index contributed by atoms with van der Waals surface area (Å²) >= 11 is 0. The van der Waals surface area contributed by atoms with Gasteiger partial charge in [-0.2, -0.15) is 10.4 Å². The lowest BCUT2D eigenvalue weighted by molar-refractivity contribution is 0.566. The summed E-state index contributed by atoms with van der Waals surface area (Å²) in [4.78, 5) is 12.1. The Hall–Kier alpha value is -2.41. The van der Waals surface area contributed by atoms with E-state index in [4.69, 9.17) is 5.26 Å². The van der Waals surface area contributed by atoms with E-state index in [-0.39, 0.29) is 12.0 Å². The largest absolute Gasteiger partial charge is 0.271 e. The lowest BCUT2D eigenvalue weighted by atomic mass is 10.1. The number of aromatic nitrogens is 2. The van der Waals surface area contributed by atoms with E-state index in [9.17, 15) is 4.79 Å². The van der Waals surface area contributed by atoms with Crippen LogP contribution < -0.4 is 5.56 Å². The summed E-state index contributed by atoms with van der Waals surface area (Å²) in [5, 5.41) is 13.2. The van der Waals surface area contributed by atoms with Gasteiger partial charge in [0.15, 0.2) is 0 Å². The fraction of sp³-hybridized carbons (Fsp3) is 0.267. The van der Waals surface area contributed by atoms with Crippen molar-refractivity contribution in [2.24, 2.45) is 0 Å². The minimum Gasteiger partial charge on any atom is -0.267 e. The van der Waals surface area contributed by atoms with Gasteiger partial charge >= 0.3 is 0 Å². The minimum atomic E-state index is -0.164. The fourth-order valence-electron chi connectivity index (χ4n) is 1.92. The molecule has 0 amide bonds. The van der Waals surface area contributed by atoms with Crippen molar-refractivity contribution in [1.82, 2.24) is 9.78 Å². The Morgan fingerprint density at radius 2 is 2.05 bits per heavy atom. The number of benzene rings is 1. The maximum atomic E-state index is 12.1. The van der Waals surface area contributed by atoms with Crippen LogP contribution in [0.25, 0.3) is 11.3 Å². The normalized spacial score (nSPS) is 10.1. The van der Waals surface area contributed by atoms with Crippen LogP contribution in [-0.4, -0.2) is 9.78 Å². The highest BCUT2D eigenvalue weighted by molar-refractivity contribution is 5.58. The van der Waals surface area contributed by atoms with E-state index in [2.05, 4.69) is 5.10 Å². The highest BCUT2D eigenvalue weighted by Gasteiger charge is 2.09. The quantitative estimate of drug-likeness (QED) is 0.840. The van der Waals surface area contributed by atoms with Crippen LogP contribution in [0.1, 0.15) is 18.9 Å². The number of rotatable bonds is 4. The fourth-order valence-corrected chi connectivity index (χ4v) is 1.92. The lowest BCUT2D eigenvalue weighted by Crippen LogP contribution is -2.26. The zero-order valence-electron chi connectivity index (χ0n) is 10.8. The summed E-state index contributed by atoms with van der Waals surface area (Å²) < 4.78 is 1.45. The Balaban J connectivity index is 2.57. The van der Waals surface area contributed by atoms with Gasteiger partial charge in [-0.3, -0.25) is 4.79 Å². The monoisotopic (exact) mass is 253 g/mol. The number of nitriles is 1. The van der Waals surface area contributed by atoms with Gasteiger partial charge in [0.05, 0.1) is 18.2 Å². The van der Waals surface area contributed by atoms with Crippen molar-refractivity contribution in [3.05, 3.63) is 52.3 Å². The molecule has 0 aliphatic heterocycles. The molecule has 0 N–H and O–H groups in total. The van der Waals surface area contributed by atoms with Crippen molar-refractivity contribution < 1.29 is 0 Å². The van der Waals surface area contributed by atoms with Crippen molar-refractivity contribution in [2.75, 3.05) is 0 Å². The molecule has 1 heterocycles. The molecule has 19 heavy (non-hydrogen) atoms. The van der Waals surface area contributed by atoms with E-state index in [0.29, 0.717) is 12.1 Å². The van der Waals surface area contributed by atoms with Crippen LogP contribution in [0.15, 0.2) is 41.2 Å². The molecule has 0 aliphatic carbocycles. The first-order valence-corrected chi connectivity index (χ1v) is 6.29. The highest BCUT2D eigenvalue weighted by Crippen LogP contribution is 2.16. The van der Waals surface area contributed by atoms with Gasteiger partial charge in [-0.1, -0.05) is 37.3 Å². The first-order valence-electron chi connectivity index (χ1n) is 6.29. The third kappa shape index (κ3) is 2.89. The van der Waals surface area contributed by atoms with Crippen molar-refractivity contribution in [1.29, 1.82) is 5.26 Å². The summed E-state index contributed by atoms with van der Waals surface area (Å²) in [7, 11) is 0. The minimum absolute atomic E-state index is 0.116. The molecule has 0 aliphatic rings. The zero-order valence-corrected chi connectivity index (χ0v) is 10.8. The van der Waals surface area contributed by atoms with E-state index in [1.54, 1.807) is 6.07 Å². The van der Waals surface area contributed by atoms with Crippen LogP contribution in [0, 0.1) is 11.3 Å². The van der Waals surface area contributed by atoms with Crippen LogP contribution in [0.3, 0.4) is 0 Å². The highest BCUT2D eigenvalue weighted by atomic mass is 16.1. The first-order chi connectivity index (χ1) is 9.26. The summed E-state index contributed by atoms with van der Waals surface area (Å²) in [6, 6.07) is 13.4. The van der Waals surface area contributed by atoms with Gasteiger partial charge in [0.25, 0.3) is 5.56 Å². The van der Waals surface area contributed by atoms with Gasteiger partial charge in [0, 0.05) is 17.7 Å². The molecule has 96 valence electrons. The average molecular weight is 253 g/mol. The van der Waals surface area contributed by atoms with Gasteiger partial charge < -0.3 is 0 Å². The molecule has 0 radical (unpaired) electrons. The van der Waals surface area contributed by atoms with E-state index in [1.807, 2.05) is 43.3 Å². The van der Waals surface area contributed by atoms with Crippen molar-refractivity contribution in [3.63, 3.8) is 0 Å². The third-order valence-corrected chi connectivity index (χ3v) is 2.82. The second kappa shape index (κ2) is 5.96. The number of hydrogen-bond donors (Lipinski definition) is 0. The Bertz CT molecular complexity index is 653. The molecule has 0 saturated carbocycles. The molecule has 0 spiro atoms. The maximum Gasteiger partial charge on any atom is 0.271 e. The van der Waals surface area contributed by atoms with Crippen LogP contribution >= 0.6 is 0 Å². The number of nitrogens with zero attached hydrogens (tertiary/aromatic N) is 3. The van der Waals surface area contributed by atoms with Gasteiger partial charge in [-0.15, -0.1) is 0 Å². The van der Waals surface area contributed by atoms with Gasteiger partial charge in [0.1, 0.15) is 0 Å². The molecular formula is C15H15N3O. The molecule has 0 atom stereocenters. The Kier molecular flexibility index (Phi) is 4.09. The average Bonchev–Trinajstić information content (AvgIpc) is 2.44. The summed E-state index contributed by atoms with van der Waals surface area (Å²) in [6.07, 6.45) is 0.946. The SMILES string of the molecule is CCCn1nc(-c2ccccc2)cc(CC#N)c1=O. The molecule has 2 rings (SSSR count). The summed E-state index contributed by atoms with van der Waals surface area (Å²) in [5.74, 6) is 0. The van der Waals surface area contributed by atoms with E-state index >= 15 is 0 Å². The van der Waals surface area contributed by atoms with Crippen LogP contribution in [-0.2, 0) is 13.0 Å². The molecule has 0 bridgehead atoms. The molecule has 0 unspecified atom stereocenters. The lowest BCUT2D eigenvalue weighted by Gasteiger charge is -2.08. The van der Waals surface area contributed by atoms with E-state index in [0.717, 1.165) is 17.7 Å². The molecule has 1 aromatic heterocycles. The summed E-state index contributed by atoms with van der Waals surface area (Å²) in [5.41, 5.74) is 2.03. The Labute approximate surface area is 111 Å². The van der Waals surface area contributed by atoms with Crippen molar-refractivity contribution >= 4 is 0 Å². The molecule has 4 heteroatoms. The van der Waals surface area contributed by atoms with Crippen LogP contribution in [0.4, 0.5) is 0 Å². The Morgan fingerprint density at radius 1 is 1.32 bits per heavy atom. The molecule has 4 nitrogen and oxygen atoms in total. The Morgan fingerprint density at radius 3 is 2.68 bits per heavy atom. The van der Waals surface area contributed by atoms with E-state index < -0.39 is 0 Å². The second-order valence-electron chi connectivity index (χ2n) is 4.28. The van der Waals surface area contributed by atoms with Crippen LogP contribution in [0.2, 0.25) is 0 Å². The molecule has 2 aromatic rings. The standard InChI is InChI=1S/C15H15N3O/c1-2-10-18-15(19)13(8-9-16)11-14(17-18)12-6-4-3-5-7-12/h3-7,11H,2,8,10H2,1H3. The molecule has 0 saturated heterocycles. The number of hydrogen-bond acceptors (Lipinski definition) is 3. The van der Waals surface area contributed by atoms with Crippen LogP contribution in [0.5, 0.6) is 0 Å². The topological polar surface area (TPSA) is 58.7 Å². The van der Waals surface area contributed by atoms with Gasteiger partial charge in [0.2, 0.25) is 0 Å². The zero-order chi connectivity index (χ0) is 13.7. The maximum absolute atomic E-state index is 12.1. The first kappa shape index (κ1) is 13.0. The smallest absolute Gasteiger partial charge is 0.267 e. The van der Waals surface area contributed by atoms with Gasteiger partial charge in [-0.05, 0) is 12.5 Å². The molecule has 1 aromatic carbocycles. The third-order valence-electron chi connectivity index (χ3n) is 2.82. The molecular weight excluding hydrogens is 238 g/mol. The summed E-state index contributed by atoms with van der Waals surface area (Å²) in [6.45, 7) is 2.56. The predicted molar refractivity (Wildman–Crippen MR) is 73.5 cm³/mol. The van der Waals surface area contributed by atoms with Crippen molar-refractivity contribution in [3.8, 4) is 17.3 Å². The van der Waals surface area contributed by atoms with E-state index in [1.165, 1.54) is 4.68 Å². The molecule has 0 fully saturated rings. The number of aryl methyl sites for hydroxylation is 1. The van der Waals surface area contributed by atoms with Crippen molar-refractivity contribution in [2.45, 2.75) is 26.3 Å². The second-order valence-corrected chi connectivity index (χ2v) is 4.28. The predicted octanol–water partition coefficient (Wildman–Crippen LogP) is 2.39. The van der Waals surface area contributed by atoms with Gasteiger partial charge in [-0.25, -0.2) is 4.68 Å².